The number of hydrogen-bond donors (Lipinski definition) is 3. The van der Waals surface area contributed by atoms with Gasteiger partial charge in [-0.2, -0.15) is 41.3 Å². The minimum Gasteiger partial charge on any atom is -0.353 e. The van der Waals surface area contributed by atoms with Crippen molar-refractivity contribution in [2.75, 3.05) is 43.1 Å². The van der Waals surface area contributed by atoms with Crippen molar-refractivity contribution in [2.24, 2.45) is 0 Å². The Labute approximate surface area is 189 Å². The third-order valence-electron chi connectivity index (χ3n) is 4.06. The maximum absolute atomic E-state index is 13.0. The van der Waals surface area contributed by atoms with E-state index in [4.69, 9.17) is 0 Å². The number of hydrogen-bond acceptors (Lipinski definition) is 9. The molecule has 0 saturated heterocycles. The second kappa shape index (κ2) is 10.0. The summed E-state index contributed by atoms with van der Waals surface area (Å²) in [6.45, 7) is 1.01. The Kier molecular flexibility index (Phi) is 7.34. The lowest BCUT2D eigenvalue weighted by Gasteiger charge is -2.14. The van der Waals surface area contributed by atoms with Crippen molar-refractivity contribution < 1.29 is 26.3 Å². The highest BCUT2D eigenvalue weighted by Crippen LogP contribution is 2.30. The SMILES string of the molecule is CN(C)CCNc1nc(Nc2ccnc(C(F)(F)F)c2)nc(Nc2cccc(C(F)(F)F)n2)n1. The summed E-state index contributed by atoms with van der Waals surface area (Å²) >= 11 is 0. The first kappa shape index (κ1) is 24.9. The van der Waals surface area contributed by atoms with E-state index in [1.54, 1.807) is 0 Å². The molecule has 0 fully saturated rings. The summed E-state index contributed by atoms with van der Waals surface area (Å²) < 4.78 is 77.7. The van der Waals surface area contributed by atoms with E-state index in [2.05, 4.69) is 40.9 Å². The minimum absolute atomic E-state index is 0.00379. The highest BCUT2D eigenvalue weighted by molar-refractivity contribution is 5.58. The van der Waals surface area contributed by atoms with E-state index in [0.717, 1.165) is 24.4 Å². The van der Waals surface area contributed by atoms with Crippen LogP contribution in [0.15, 0.2) is 36.5 Å². The molecule has 15 heteroatoms. The summed E-state index contributed by atoms with van der Waals surface area (Å²) in [5.41, 5.74) is -2.25. The van der Waals surface area contributed by atoms with Crippen molar-refractivity contribution in [1.82, 2.24) is 29.8 Å². The molecule has 0 aliphatic heterocycles. The molecule has 9 nitrogen and oxygen atoms in total. The summed E-state index contributed by atoms with van der Waals surface area (Å²) in [6, 6.07) is 5.29. The zero-order valence-corrected chi connectivity index (χ0v) is 17.8. The van der Waals surface area contributed by atoms with Gasteiger partial charge < -0.3 is 20.9 Å². The molecule has 0 amide bonds. The standard InChI is InChI=1S/C19H19F6N9/c1-34(2)9-8-27-15-31-16(28-11-6-7-26-13(10-11)19(23,24)25)33-17(32-15)30-14-5-3-4-12(29-14)18(20,21)22/h3-7,10H,8-9H2,1-2H3,(H3,26,27,28,29,30,31,32,33). The number of rotatable bonds is 8. The smallest absolute Gasteiger partial charge is 0.353 e. The lowest BCUT2D eigenvalue weighted by atomic mass is 10.3. The zero-order valence-electron chi connectivity index (χ0n) is 17.8. The van der Waals surface area contributed by atoms with E-state index in [-0.39, 0.29) is 29.4 Å². The molecule has 0 aliphatic carbocycles. The monoisotopic (exact) mass is 487 g/mol. The van der Waals surface area contributed by atoms with Gasteiger partial charge in [0.1, 0.15) is 17.2 Å². The average molecular weight is 487 g/mol. The van der Waals surface area contributed by atoms with Gasteiger partial charge in [0.2, 0.25) is 17.8 Å². The Hall–Kier alpha value is -3.75. The summed E-state index contributed by atoms with van der Waals surface area (Å²) in [7, 11) is 3.69. The van der Waals surface area contributed by atoms with Crippen LogP contribution in [0.3, 0.4) is 0 Å². The van der Waals surface area contributed by atoms with Gasteiger partial charge in [0, 0.05) is 25.0 Å². The Morgan fingerprint density at radius 1 is 0.794 bits per heavy atom. The number of halogens is 6. The highest BCUT2D eigenvalue weighted by Gasteiger charge is 2.33. The molecule has 3 aromatic rings. The first-order valence-corrected chi connectivity index (χ1v) is 9.66. The van der Waals surface area contributed by atoms with Crippen molar-refractivity contribution >= 4 is 29.4 Å². The molecule has 3 aromatic heterocycles. The first-order chi connectivity index (χ1) is 15.9. The van der Waals surface area contributed by atoms with E-state index in [9.17, 15) is 26.3 Å². The largest absolute Gasteiger partial charge is 0.433 e. The normalized spacial score (nSPS) is 12.0. The maximum Gasteiger partial charge on any atom is 0.433 e. The number of aromatic nitrogens is 5. The van der Waals surface area contributed by atoms with Gasteiger partial charge >= 0.3 is 12.4 Å². The second-order valence-electron chi connectivity index (χ2n) is 7.12. The number of likely N-dealkylation sites (N-methyl/N-ethyl adjacent to an activating group) is 1. The summed E-state index contributed by atoms with van der Waals surface area (Å²) in [6.07, 6.45) is -8.34. The molecule has 0 spiro atoms. The van der Waals surface area contributed by atoms with Crippen LogP contribution in [0.25, 0.3) is 0 Å². The van der Waals surface area contributed by atoms with Gasteiger partial charge in [0.25, 0.3) is 0 Å². The minimum atomic E-state index is -4.66. The van der Waals surface area contributed by atoms with Crippen LogP contribution in [0.4, 0.5) is 55.7 Å². The maximum atomic E-state index is 13.0. The molecule has 3 rings (SSSR count). The van der Waals surface area contributed by atoms with Gasteiger partial charge in [-0.3, -0.25) is 4.98 Å². The van der Waals surface area contributed by atoms with Crippen LogP contribution in [0, 0.1) is 0 Å². The molecule has 0 bridgehead atoms. The number of nitrogens with zero attached hydrogens (tertiary/aromatic N) is 6. The first-order valence-electron chi connectivity index (χ1n) is 9.66. The molecule has 3 heterocycles. The average Bonchev–Trinajstić information content (AvgIpc) is 2.72. The lowest BCUT2D eigenvalue weighted by Crippen LogP contribution is -2.22. The fourth-order valence-corrected chi connectivity index (χ4v) is 2.53. The molecule has 0 aromatic carbocycles. The van der Waals surface area contributed by atoms with Crippen molar-refractivity contribution in [3.63, 3.8) is 0 Å². The van der Waals surface area contributed by atoms with E-state index in [0.29, 0.717) is 13.1 Å². The second-order valence-corrected chi connectivity index (χ2v) is 7.12. The molecule has 0 aliphatic rings. The summed E-state index contributed by atoms with van der Waals surface area (Å²) in [5.74, 6) is -0.480. The predicted octanol–water partition coefficient (Wildman–Crippen LogP) is 4.16. The molecule has 34 heavy (non-hydrogen) atoms. The lowest BCUT2D eigenvalue weighted by molar-refractivity contribution is -0.141. The Balaban J connectivity index is 1.90. The third-order valence-corrected chi connectivity index (χ3v) is 4.06. The number of nitrogens with one attached hydrogen (secondary N) is 3. The number of alkyl halides is 6. The fourth-order valence-electron chi connectivity index (χ4n) is 2.53. The van der Waals surface area contributed by atoms with Gasteiger partial charge in [-0.1, -0.05) is 6.07 Å². The van der Waals surface area contributed by atoms with Gasteiger partial charge in [0.05, 0.1) is 0 Å². The Morgan fingerprint density at radius 2 is 1.44 bits per heavy atom. The van der Waals surface area contributed by atoms with E-state index in [1.807, 2.05) is 19.0 Å². The van der Waals surface area contributed by atoms with E-state index >= 15 is 0 Å². The highest BCUT2D eigenvalue weighted by atomic mass is 19.4. The van der Waals surface area contributed by atoms with E-state index in [1.165, 1.54) is 12.1 Å². The van der Waals surface area contributed by atoms with Crippen molar-refractivity contribution in [3.8, 4) is 0 Å². The molecular formula is C19H19F6N9. The van der Waals surface area contributed by atoms with Gasteiger partial charge in [-0.15, -0.1) is 0 Å². The number of anilines is 5. The van der Waals surface area contributed by atoms with Gasteiger partial charge in [0.15, 0.2) is 0 Å². The summed E-state index contributed by atoms with van der Waals surface area (Å²) in [4.78, 5) is 20.9. The molecule has 0 atom stereocenters. The van der Waals surface area contributed by atoms with Crippen LogP contribution in [0.2, 0.25) is 0 Å². The van der Waals surface area contributed by atoms with Crippen LogP contribution in [-0.4, -0.2) is 57.0 Å². The molecule has 0 saturated carbocycles. The number of pyridine rings is 2. The van der Waals surface area contributed by atoms with E-state index < -0.39 is 23.7 Å². The molecular weight excluding hydrogens is 468 g/mol. The topological polar surface area (TPSA) is 104 Å². The Bertz CT molecular complexity index is 1040. The molecule has 3 N–H and O–H groups in total. The molecule has 0 unspecified atom stereocenters. The summed E-state index contributed by atoms with van der Waals surface area (Å²) in [5, 5.41) is 8.11. The fraction of sp³-hybridized carbons (Fsp3) is 0.316. The zero-order chi connectivity index (χ0) is 24.9. The van der Waals surface area contributed by atoms with Crippen LogP contribution in [0.1, 0.15) is 11.4 Å². The Morgan fingerprint density at radius 3 is 2.09 bits per heavy atom. The van der Waals surface area contributed by atoms with Gasteiger partial charge in [-0.25, -0.2) is 4.98 Å². The predicted molar refractivity (Wildman–Crippen MR) is 112 cm³/mol. The molecule has 182 valence electrons. The van der Waals surface area contributed by atoms with Crippen molar-refractivity contribution in [3.05, 3.63) is 47.9 Å². The van der Waals surface area contributed by atoms with Crippen LogP contribution < -0.4 is 16.0 Å². The molecule has 0 radical (unpaired) electrons. The van der Waals surface area contributed by atoms with Crippen molar-refractivity contribution in [2.45, 2.75) is 12.4 Å². The third kappa shape index (κ3) is 7.13. The van der Waals surface area contributed by atoms with Crippen LogP contribution >= 0.6 is 0 Å². The quantitative estimate of drug-likeness (QED) is 0.404. The van der Waals surface area contributed by atoms with Crippen LogP contribution in [0.5, 0.6) is 0 Å². The van der Waals surface area contributed by atoms with Gasteiger partial charge in [-0.05, 0) is 38.4 Å². The van der Waals surface area contributed by atoms with Crippen molar-refractivity contribution in [1.29, 1.82) is 0 Å². The van der Waals surface area contributed by atoms with Crippen LogP contribution in [-0.2, 0) is 12.4 Å².